The van der Waals surface area contributed by atoms with Crippen LogP contribution < -0.4 is 4.74 Å². The van der Waals surface area contributed by atoms with E-state index in [2.05, 4.69) is 19.7 Å². The SMILES string of the molecule is FC(F)COc1ncnc(Cl)n1. The fourth-order valence-electron chi connectivity index (χ4n) is 0.470. The topological polar surface area (TPSA) is 47.9 Å². The van der Waals surface area contributed by atoms with Gasteiger partial charge in [-0.05, 0) is 11.6 Å². The molecule has 0 spiro atoms. The largest absolute Gasteiger partial charge is 0.457 e. The molecule has 0 bridgehead atoms. The fraction of sp³-hybridized carbons (Fsp3) is 0.400. The molecule has 0 amide bonds. The normalized spacial score (nSPS) is 10.3. The molecule has 1 heterocycles. The van der Waals surface area contributed by atoms with Gasteiger partial charge in [-0.25, -0.2) is 13.8 Å². The van der Waals surface area contributed by atoms with Crippen molar-refractivity contribution >= 4 is 11.6 Å². The zero-order valence-electron chi connectivity index (χ0n) is 5.75. The summed E-state index contributed by atoms with van der Waals surface area (Å²) >= 11 is 5.33. The van der Waals surface area contributed by atoms with Crippen molar-refractivity contribution in [1.29, 1.82) is 0 Å². The summed E-state index contributed by atoms with van der Waals surface area (Å²) in [6, 6.07) is -0.199. The van der Waals surface area contributed by atoms with Crippen molar-refractivity contribution < 1.29 is 13.5 Å². The number of ether oxygens (including phenoxy) is 1. The van der Waals surface area contributed by atoms with Gasteiger partial charge < -0.3 is 4.74 Å². The summed E-state index contributed by atoms with van der Waals surface area (Å²) in [5.74, 6) is 0. The van der Waals surface area contributed by atoms with E-state index in [4.69, 9.17) is 11.6 Å². The molecule has 0 atom stereocenters. The van der Waals surface area contributed by atoms with Crippen molar-refractivity contribution in [2.45, 2.75) is 6.43 Å². The quantitative estimate of drug-likeness (QED) is 0.727. The summed E-state index contributed by atoms with van der Waals surface area (Å²) in [5.41, 5.74) is 0. The second-order valence-electron chi connectivity index (χ2n) is 1.74. The first-order chi connectivity index (χ1) is 5.68. The van der Waals surface area contributed by atoms with Gasteiger partial charge >= 0.3 is 6.01 Å². The van der Waals surface area contributed by atoms with E-state index in [9.17, 15) is 8.78 Å². The second kappa shape index (κ2) is 4.10. The maximum atomic E-state index is 11.6. The number of hydrogen-bond acceptors (Lipinski definition) is 4. The third kappa shape index (κ3) is 2.91. The van der Waals surface area contributed by atoms with Gasteiger partial charge in [0.05, 0.1) is 0 Å². The molecule has 0 aromatic carbocycles. The van der Waals surface area contributed by atoms with Crippen LogP contribution in [0.3, 0.4) is 0 Å². The third-order valence-electron chi connectivity index (χ3n) is 0.859. The highest BCUT2D eigenvalue weighted by molar-refractivity contribution is 6.28. The molecule has 0 unspecified atom stereocenters. The molecular formula is C5H4ClF2N3O. The molecule has 1 rings (SSSR count). The van der Waals surface area contributed by atoms with Crippen LogP contribution in [-0.2, 0) is 0 Å². The van der Waals surface area contributed by atoms with Crippen LogP contribution in [-0.4, -0.2) is 28.0 Å². The Labute approximate surface area is 71.6 Å². The van der Waals surface area contributed by atoms with E-state index < -0.39 is 13.0 Å². The Morgan fingerprint density at radius 1 is 1.50 bits per heavy atom. The molecule has 0 aliphatic rings. The maximum Gasteiger partial charge on any atom is 0.320 e. The van der Waals surface area contributed by atoms with Crippen LogP contribution in [0, 0.1) is 0 Å². The van der Waals surface area contributed by atoms with E-state index >= 15 is 0 Å². The van der Waals surface area contributed by atoms with Gasteiger partial charge in [0.15, 0.2) is 6.61 Å². The van der Waals surface area contributed by atoms with E-state index in [1.54, 1.807) is 0 Å². The molecule has 1 aromatic heterocycles. The molecule has 0 fully saturated rings. The smallest absolute Gasteiger partial charge is 0.320 e. The molecule has 0 saturated carbocycles. The molecule has 1 aromatic rings. The van der Waals surface area contributed by atoms with E-state index in [1.807, 2.05) is 0 Å². The number of halogens is 3. The van der Waals surface area contributed by atoms with Gasteiger partial charge in [0.1, 0.15) is 6.33 Å². The van der Waals surface area contributed by atoms with Crippen molar-refractivity contribution in [3.8, 4) is 6.01 Å². The van der Waals surface area contributed by atoms with E-state index in [0.717, 1.165) is 6.33 Å². The Morgan fingerprint density at radius 3 is 2.83 bits per heavy atom. The lowest BCUT2D eigenvalue weighted by molar-refractivity contribution is 0.0768. The number of rotatable bonds is 3. The predicted octanol–water partition coefficient (Wildman–Crippen LogP) is 1.17. The van der Waals surface area contributed by atoms with E-state index in [1.165, 1.54) is 0 Å². The van der Waals surface area contributed by atoms with Crippen molar-refractivity contribution in [2.75, 3.05) is 6.61 Å². The lowest BCUT2D eigenvalue weighted by Crippen LogP contribution is -2.09. The van der Waals surface area contributed by atoms with Crippen LogP contribution in [0.2, 0.25) is 5.28 Å². The minimum absolute atomic E-state index is 0.0886. The first kappa shape index (κ1) is 9.05. The molecule has 7 heteroatoms. The van der Waals surface area contributed by atoms with Crippen molar-refractivity contribution in [3.63, 3.8) is 0 Å². The van der Waals surface area contributed by atoms with Crippen molar-refractivity contribution in [3.05, 3.63) is 11.6 Å². The first-order valence-corrected chi connectivity index (χ1v) is 3.32. The first-order valence-electron chi connectivity index (χ1n) is 2.94. The lowest BCUT2D eigenvalue weighted by atomic mass is 10.8. The Bertz CT molecular complexity index is 260. The summed E-state index contributed by atoms with van der Waals surface area (Å²) in [6.45, 7) is -0.750. The van der Waals surface area contributed by atoms with Crippen LogP contribution in [0.25, 0.3) is 0 Å². The van der Waals surface area contributed by atoms with Crippen LogP contribution in [0.1, 0.15) is 0 Å². The highest BCUT2D eigenvalue weighted by atomic mass is 35.5. The Balaban J connectivity index is 2.52. The zero-order valence-corrected chi connectivity index (χ0v) is 6.50. The van der Waals surface area contributed by atoms with Crippen LogP contribution in [0.4, 0.5) is 8.78 Å². The van der Waals surface area contributed by atoms with Gasteiger partial charge in [-0.15, -0.1) is 0 Å². The molecule has 12 heavy (non-hydrogen) atoms. The average molecular weight is 196 g/mol. The summed E-state index contributed by atoms with van der Waals surface area (Å²) in [5, 5.41) is -0.0886. The lowest BCUT2D eigenvalue weighted by Gasteiger charge is -2.01. The Kier molecular flexibility index (Phi) is 3.09. The van der Waals surface area contributed by atoms with Gasteiger partial charge in [0.2, 0.25) is 5.28 Å². The van der Waals surface area contributed by atoms with Crippen LogP contribution in [0.15, 0.2) is 6.33 Å². The number of hydrogen-bond donors (Lipinski definition) is 0. The van der Waals surface area contributed by atoms with Gasteiger partial charge in [0, 0.05) is 0 Å². The third-order valence-corrected chi connectivity index (χ3v) is 1.04. The van der Waals surface area contributed by atoms with Gasteiger partial charge in [-0.2, -0.15) is 9.97 Å². The molecule has 0 saturated heterocycles. The fourth-order valence-corrected chi connectivity index (χ4v) is 0.586. The zero-order chi connectivity index (χ0) is 8.97. The molecule has 0 radical (unpaired) electrons. The molecule has 0 aliphatic heterocycles. The van der Waals surface area contributed by atoms with E-state index in [-0.39, 0.29) is 11.3 Å². The number of nitrogens with zero attached hydrogens (tertiary/aromatic N) is 3. The van der Waals surface area contributed by atoms with Crippen LogP contribution in [0.5, 0.6) is 6.01 Å². The monoisotopic (exact) mass is 195 g/mol. The summed E-state index contributed by atoms with van der Waals surface area (Å²) in [7, 11) is 0. The maximum absolute atomic E-state index is 11.6. The summed E-state index contributed by atoms with van der Waals surface area (Å²) in [4.78, 5) is 10.3. The van der Waals surface area contributed by atoms with Crippen molar-refractivity contribution in [1.82, 2.24) is 15.0 Å². The minimum Gasteiger partial charge on any atom is -0.457 e. The highest BCUT2D eigenvalue weighted by Crippen LogP contribution is 2.05. The molecule has 0 aliphatic carbocycles. The molecule has 66 valence electrons. The molecular weight excluding hydrogens is 192 g/mol. The van der Waals surface area contributed by atoms with Gasteiger partial charge in [-0.3, -0.25) is 0 Å². The highest BCUT2D eigenvalue weighted by Gasteiger charge is 2.05. The van der Waals surface area contributed by atoms with Gasteiger partial charge in [-0.1, -0.05) is 0 Å². The average Bonchev–Trinajstić information content (AvgIpc) is 2.01. The van der Waals surface area contributed by atoms with Crippen LogP contribution >= 0.6 is 11.6 Å². The second-order valence-corrected chi connectivity index (χ2v) is 2.08. The minimum atomic E-state index is -2.56. The Hall–Kier alpha value is -1.04. The molecule has 4 nitrogen and oxygen atoms in total. The van der Waals surface area contributed by atoms with Crippen molar-refractivity contribution in [2.24, 2.45) is 0 Å². The standard InChI is InChI=1S/C5H4ClF2N3O/c6-4-9-2-10-5(11-4)12-1-3(7)8/h2-3H,1H2. The Morgan fingerprint density at radius 2 is 2.25 bits per heavy atom. The molecule has 0 N–H and O–H groups in total. The number of aromatic nitrogens is 3. The summed E-state index contributed by atoms with van der Waals surface area (Å²) in [6.07, 6.45) is -1.48. The van der Waals surface area contributed by atoms with Gasteiger partial charge in [0.25, 0.3) is 6.43 Å². The summed E-state index contributed by atoms with van der Waals surface area (Å²) < 4.78 is 27.6. The van der Waals surface area contributed by atoms with E-state index in [0.29, 0.717) is 0 Å². The predicted molar refractivity (Wildman–Crippen MR) is 36.3 cm³/mol. The number of alkyl halides is 2.